The summed E-state index contributed by atoms with van der Waals surface area (Å²) in [4.78, 5) is 25.3. The van der Waals surface area contributed by atoms with Gasteiger partial charge in [0.05, 0.1) is 5.39 Å². The number of anilines is 1. The second-order valence-corrected chi connectivity index (χ2v) is 12.4. The predicted molar refractivity (Wildman–Crippen MR) is 166 cm³/mol. The molecule has 0 atom stereocenters. The van der Waals surface area contributed by atoms with Crippen LogP contribution < -0.4 is 10.9 Å². The Hall–Kier alpha value is -2.15. The second-order valence-electron chi connectivity index (χ2n) is 12.4. The van der Waals surface area contributed by atoms with E-state index < -0.39 is 17.3 Å². The normalized spacial score (nSPS) is 20.9. The molecule has 0 spiro atoms. The van der Waals surface area contributed by atoms with Gasteiger partial charge in [-0.25, -0.2) is 18.7 Å². The van der Waals surface area contributed by atoms with Crippen molar-refractivity contribution in [1.82, 2.24) is 19.4 Å². The minimum Gasteiger partial charge on any atom is -0.399 e. The van der Waals surface area contributed by atoms with E-state index in [0.29, 0.717) is 29.8 Å². The van der Waals surface area contributed by atoms with Gasteiger partial charge in [-0.15, -0.1) is 11.6 Å². The number of aromatic nitrogens is 3. The molecule has 6 nitrogen and oxygen atoms in total. The van der Waals surface area contributed by atoms with Gasteiger partial charge in [-0.2, -0.15) is 6.07 Å². The molecule has 0 amide bonds. The third kappa shape index (κ3) is 7.97. The summed E-state index contributed by atoms with van der Waals surface area (Å²) in [5.41, 5.74) is 0.737. The first-order chi connectivity index (χ1) is 20.8. The molecule has 236 valence electrons. The summed E-state index contributed by atoms with van der Waals surface area (Å²) in [6, 6.07) is 6.04. The van der Waals surface area contributed by atoms with E-state index in [9.17, 15) is 4.79 Å². The fourth-order valence-corrected chi connectivity index (χ4v) is 6.86. The van der Waals surface area contributed by atoms with Crippen molar-refractivity contribution in [2.24, 2.45) is 5.92 Å². The molecule has 0 saturated carbocycles. The Morgan fingerprint density at radius 1 is 1.02 bits per heavy atom. The van der Waals surface area contributed by atoms with Gasteiger partial charge >= 0.3 is 0 Å². The number of alkyl halides is 2. The summed E-state index contributed by atoms with van der Waals surface area (Å²) >= 11 is 0. The smallest absolute Gasteiger partial charge is 0.265 e. The zero-order chi connectivity index (χ0) is 30.4. The van der Waals surface area contributed by atoms with Gasteiger partial charge in [0.2, 0.25) is 0 Å². The molecule has 3 aromatic rings. The standard InChI is InChI=1S/C34H45F3N5O.Cd/c1-3-9-25(10-4-2)27-21-28-31-38-22-26-11-8-12-29(30(26)35)34(36,37)16-13-24-14-19-41(20-15-24)17-6-5-7-18-42(33(27)43)32(28)40-23-39-31;/h8,11-12,21-25H,3-7,9-10,13-20H2,1-2H3,(H,38,39,40);/q-1;. The Morgan fingerprint density at radius 2 is 1.75 bits per heavy atom. The number of halogens is 3. The van der Waals surface area contributed by atoms with Crippen molar-refractivity contribution in [3.63, 3.8) is 0 Å². The molecule has 1 N–H and O–H groups in total. The van der Waals surface area contributed by atoms with Gasteiger partial charge in [0.1, 0.15) is 17.8 Å². The topological polar surface area (TPSA) is 63.1 Å². The molecule has 5 heterocycles. The molecule has 1 aromatic carbocycles. The van der Waals surface area contributed by atoms with Crippen LogP contribution in [0.2, 0.25) is 0 Å². The summed E-state index contributed by atoms with van der Waals surface area (Å²) < 4.78 is 48.1. The molecule has 0 aliphatic carbocycles. The monoisotopic (exact) mass is 710 g/mol. The number of hydrogen-bond acceptors (Lipinski definition) is 5. The van der Waals surface area contributed by atoms with Crippen molar-refractivity contribution in [2.75, 3.05) is 25.0 Å². The maximum absolute atomic E-state index is 15.6. The zero-order valence-electron chi connectivity index (χ0n) is 26.3. The number of aryl methyl sites for hydroxylation is 1. The Morgan fingerprint density at radius 3 is 2.48 bits per heavy atom. The Bertz CT molecular complexity index is 1430. The van der Waals surface area contributed by atoms with E-state index in [4.69, 9.17) is 0 Å². The van der Waals surface area contributed by atoms with E-state index in [1.807, 2.05) is 6.07 Å². The van der Waals surface area contributed by atoms with Crippen LogP contribution in [-0.2, 0) is 39.8 Å². The number of rotatable bonds is 5. The summed E-state index contributed by atoms with van der Waals surface area (Å²) in [6.45, 7) is 8.98. The molecular weight excluding hydrogens is 664 g/mol. The molecule has 2 aromatic heterocycles. The van der Waals surface area contributed by atoms with E-state index in [0.717, 1.165) is 83.0 Å². The number of nitrogens with one attached hydrogen (secondary N) is 1. The first kappa shape index (κ1) is 34.7. The molecule has 3 aliphatic heterocycles. The van der Waals surface area contributed by atoms with Gasteiger partial charge in [-0.1, -0.05) is 45.7 Å². The van der Waals surface area contributed by atoms with Gasteiger partial charge in [-0.3, -0.25) is 13.8 Å². The van der Waals surface area contributed by atoms with Gasteiger partial charge in [-0.05, 0) is 88.0 Å². The molecule has 10 heteroatoms. The van der Waals surface area contributed by atoms with Gasteiger partial charge < -0.3 is 10.2 Å². The van der Waals surface area contributed by atoms with Crippen LogP contribution in [0.25, 0.3) is 11.0 Å². The first-order valence-electron chi connectivity index (χ1n) is 16.2. The largest absolute Gasteiger partial charge is 0.399 e. The first-order valence-corrected chi connectivity index (χ1v) is 16.2. The number of benzene rings is 1. The minimum absolute atomic E-state index is 0. The van der Waals surface area contributed by atoms with Crippen molar-refractivity contribution in [3.05, 3.63) is 70.0 Å². The molecule has 1 fully saturated rings. The van der Waals surface area contributed by atoms with Crippen LogP contribution in [0, 0.1) is 18.3 Å². The molecule has 0 unspecified atom stereocenters. The SMILES string of the molecule is CCCC(CCC)c1cc2c3ncnc2n(c1=O)CCCCCN1CCC(CC1)CCC(F)(F)c1cccc(c1F)[CH-]N3.[Cd]. The quantitative estimate of drug-likeness (QED) is 0.215. The average molecular weight is 709 g/mol. The Labute approximate surface area is 279 Å². The van der Waals surface area contributed by atoms with E-state index in [1.54, 1.807) is 4.57 Å². The van der Waals surface area contributed by atoms with Crippen LogP contribution in [0.1, 0.15) is 107 Å². The molecule has 44 heavy (non-hydrogen) atoms. The van der Waals surface area contributed by atoms with E-state index in [-0.39, 0.29) is 56.7 Å². The summed E-state index contributed by atoms with van der Waals surface area (Å²) in [5.74, 6) is -3.43. The zero-order valence-corrected chi connectivity index (χ0v) is 30.3. The van der Waals surface area contributed by atoms with Crippen LogP contribution in [0.4, 0.5) is 19.0 Å². The number of nitrogens with zero attached hydrogens (tertiary/aromatic N) is 4. The van der Waals surface area contributed by atoms with Crippen LogP contribution >= 0.6 is 0 Å². The van der Waals surface area contributed by atoms with E-state index in [1.165, 1.54) is 31.1 Å². The van der Waals surface area contributed by atoms with Crippen molar-refractivity contribution in [3.8, 4) is 0 Å². The van der Waals surface area contributed by atoms with Gasteiger partial charge in [0.25, 0.3) is 11.5 Å². The molecule has 6 rings (SSSR count). The third-order valence-corrected chi connectivity index (χ3v) is 9.34. The Kier molecular flexibility index (Phi) is 12.6. The number of hydrogen-bond donors (Lipinski definition) is 1. The Balaban J connectivity index is 0.00000442. The van der Waals surface area contributed by atoms with Crippen LogP contribution in [-0.4, -0.2) is 39.1 Å². The number of fused-ring (bicyclic) bond motifs is 9. The maximum atomic E-state index is 15.6. The molecule has 0 radical (unpaired) electrons. The van der Waals surface area contributed by atoms with Crippen LogP contribution in [0.5, 0.6) is 0 Å². The van der Waals surface area contributed by atoms with Crippen molar-refractivity contribution < 1.29 is 40.5 Å². The van der Waals surface area contributed by atoms with Gasteiger partial charge in [0, 0.05) is 51.6 Å². The van der Waals surface area contributed by atoms with Crippen molar-refractivity contribution >= 4 is 16.9 Å². The van der Waals surface area contributed by atoms with Crippen molar-refractivity contribution in [1.29, 1.82) is 0 Å². The predicted octanol–water partition coefficient (Wildman–Crippen LogP) is 8.00. The summed E-state index contributed by atoms with van der Waals surface area (Å²) in [7, 11) is 0. The second kappa shape index (κ2) is 15.9. The van der Waals surface area contributed by atoms with Crippen LogP contribution in [0.3, 0.4) is 0 Å². The fourth-order valence-electron chi connectivity index (χ4n) is 6.86. The summed E-state index contributed by atoms with van der Waals surface area (Å²) in [6.07, 6.45) is 9.79. The average Bonchev–Trinajstić information content (AvgIpc) is 3.00. The molecule has 1 saturated heterocycles. The molecular formula is C34H45CdF3N5O-. The number of pyridine rings is 1. The van der Waals surface area contributed by atoms with Gasteiger partial charge in [0.15, 0.2) is 0 Å². The third-order valence-electron chi connectivity index (χ3n) is 9.34. The van der Waals surface area contributed by atoms with Crippen LogP contribution in [0.15, 0.2) is 35.4 Å². The summed E-state index contributed by atoms with van der Waals surface area (Å²) in [5, 5.41) is 3.75. The number of piperidine rings is 1. The minimum atomic E-state index is -3.26. The van der Waals surface area contributed by atoms with Crippen molar-refractivity contribution in [2.45, 2.75) is 103 Å². The fraction of sp³-hybridized carbons (Fsp3) is 0.588. The maximum Gasteiger partial charge on any atom is 0.265 e. The van der Waals surface area contributed by atoms with E-state index >= 15 is 13.2 Å². The molecule has 8 bridgehead atoms. The molecule has 3 aliphatic rings. The van der Waals surface area contributed by atoms with E-state index in [2.05, 4.69) is 34.0 Å².